The van der Waals surface area contributed by atoms with Gasteiger partial charge in [-0.2, -0.15) is 0 Å². The van der Waals surface area contributed by atoms with Crippen molar-refractivity contribution >= 4 is 5.91 Å². The summed E-state index contributed by atoms with van der Waals surface area (Å²) in [5, 5.41) is 3.07. The molecule has 122 valence electrons. The van der Waals surface area contributed by atoms with Crippen LogP contribution in [0.5, 0.6) is 5.75 Å². The predicted molar refractivity (Wildman–Crippen MR) is 87.2 cm³/mol. The maximum absolute atomic E-state index is 12.7. The fourth-order valence-corrected chi connectivity index (χ4v) is 3.28. The van der Waals surface area contributed by atoms with E-state index < -0.39 is 0 Å². The Balaban J connectivity index is 2.06. The van der Waals surface area contributed by atoms with Crippen molar-refractivity contribution in [2.45, 2.75) is 38.0 Å². The summed E-state index contributed by atoms with van der Waals surface area (Å²) in [6, 6.07) is 7.93. The molecule has 1 aromatic carbocycles. The molecule has 0 saturated heterocycles. The van der Waals surface area contributed by atoms with Crippen LogP contribution in [-0.4, -0.2) is 33.3 Å². The van der Waals surface area contributed by atoms with Crippen molar-refractivity contribution in [3.63, 3.8) is 0 Å². The first-order valence-corrected chi connectivity index (χ1v) is 8.17. The van der Waals surface area contributed by atoms with E-state index in [0.29, 0.717) is 19.1 Å². The summed E-state index contributed by atoms with van der Waals surface area (Å²) in [6.07, 6.45) is 5.59. The van der Waals surface area contributed by atoms with Crippen LogP contribution in [0.25, 0.3) is 0 Å². The fraction of sp³-hybridized carbons (Fsp3) is 0.611. The molecule has 1 amide bonds. The molecule has 1 atom stereocenters. The van der Waals surface area contributed by atoms with Crippen molar-refractivity contribution in [3.8, 4) is 5.75 Å². The number of nitrogens with one attached hydrogen (secondary N) is 1. The summed E-state index contributed by atoms with van der Waals surface area (Å²) >= 11 is 0. The summed E-state index contributed by atoms with van der Waals surface area (Å²) < 4.78 is 10.2. The van der Waals surface area contributed by atoms with Crippen molar-refractivity contribution in [1.29, 1.82) is 0 Å². The average Bonchev–Trinajstić information content (AvgIpc) is 3.06. The van der Waals surface area contributed by atoms with Crippen LogP contribution >= 0.6 is 0 Å². The molecule has 4 nitrogen and oxygen atoms in total. The lowest BCUT2D eigenvalue weighted by Gasteiger charge is -2.23. The Morgan fingerprint density at radius 2 is 1.91 bits per heavy atom. The van der Waals surface area contributed by atoms with E-state index >= 15 is 0 Å². The van der Waals surface area contributed by atoms with Gasteiger partial charge < -0.3 is 14.8 Å². The van der Waals surface area contributed by atoms with E-state index in [1.807, 2.05) is 24.3 Å². The third-order valence-electron chi connectivity index (χ3n) is 4.45. The smallest absolute Gasteiger partial charge is 0.227 e. The second kappa shape index (κ2) is 8.79. The highest BCUT2D eigenvalue weighted by Gasteiger charge is 2.31. The van der Waals surface area contributed by atoms with E-state index in [9.17, 15) is 4.79 Å². The van der Waals surface area contributed by atoms with Gasteiger partial charge in [0.1, 0.15) is 5.75 Å². The molecule has 1 N–H and O–H groups in total. The number of carbonyl (C=O) groups excluding carboxylic acids is 1. The van der Waals surface area contributed by atoms with Gasteiger partial charge in [0, 0.05) is 20.3 Å². The third-order valence-corrected chi connectivity index (χ3v) is 4.45. The van der Waals surface area contributed by atoms with Crippen LogP contribution in [0.4, 0.5) is 0 Å². The second-order valence-corrected chi connectivity index (χ2v) is 5.93. The third kappa shape index (κ3) is 4.47. The monoisotopic (exact) mass is 305 g/mol. The first-order valence-electron chi connectivity index (χ1n) is 8.17. The van der Waals surface area contributed by atoms with Crippen molar-refractivity contribution < 1.29 is 14.3 Å². The lowest BCUT2D eigenvalue weighted by Crippen LogP contribution is -2.33. The van der Waals surface area contributed by atoms with E-state index in [1.165, 1.54) is 12.8 Å². The largest absolute Gasteiger partial charge is 0.497 e. The molecule has 1 fully saturated rings. The van der Waals surface area contributed by atoms with Crippen molar-refractivity contribution in [3.05, 3.63) is 29.8 Å². The van der Waals surface area contributed by atoms with Crippen LogP contribution in [0, 0.1) is 5.92 Å². The van der Waals surface area contributed by atoms with Gasteiger partial charge in [0.05, 0.1) is 13.0 Å². The maximum Gasteiger partial charge on any atom is 0.227 e. The Kier molecular flexibility index (Phi) is 6.72. The number of benzene rings is 1. The minimum absolute atomic E-state index is 0.0454. The Bertz CT molecular complexity index is 452. The molecule has 0 heterocycles. The van der Waals surface area contributed by atoms with Gasteiger partial charge in [0.2, 0.25) is 5.91 Å². The maximum atomic E-state index is 12.7. The zero-order chi connectivity index (χ0) is 15.8. The molecule has 1 aromatic rings. The van der Waals surface area contributed by atoms with Gasteiger partial charge in [0.25, 0.3) is 0 Å². The van der Waals surface area contributed by atoms with E-state index in [0.717, 1.165) is 30.6 Å². The molecule has 1 unspecified atom stereocenters. The summed E-state index contributed by atoms with van der Waals surface area (Å²) in [5.74, 6) is 1.38. The summed E-state index contributed by atoms with van der Waals surface area (Å²) in [5.41, 5.74) is 1.09. The molecule has 0 spiro atoms. The number of hydrogen-bond acceptors (Lipinski definition) is 3. The van der Waals surface area contributed by atoms with Crippen molar-refractivity contribution in [1.82, 2.24) is 5.32 Å². The molecule has 22 heavy (non-hydrogen) atoms. The molecule has 4 heteroatoms. The summed E-state index contributed by atoms with van der Waals surface area (Å²) in [4.78, 5) is 12.7. The van der Waals surface area contributed by atoms with Crippen LogP contribution in [0.15, 0.2) is 24.3 Å². The number of hydrogen-bond donors (Lipinski definition) is 1. The van der Waals surface area contributed by atoms with Gasteiger partial charge in [-0.25, -0.2) is 0 Å². The first kappa shape index (κ1) is 16.8. The van der Waals surface area contributed by atoms with E-state index in [2.05, 4.69) is 5.32 Å². The van der Waals surface area contributed by atoms with Crippen LogP contribution in [0.3, 0.4) is 0 Å². The highest BCUT2D eigenvalue weighted by molar-refractivity contribution is 5.84. The number of amides is 1. The Morgan fingerprint density at radius 3 is 2.50 bits per heavy atom. The van der Waals surface area contributed by atoms with Gasteiger partial charge in [-0.1, -0.05) is 25.0 Å². The van der Waals surface area contributed by atoms with E-state index in [4.69, 9.17) is 9.47 Å². The van der Waals surface area contributed by atoms with E-state index in [1.54, 1.807) is 14.2 Å². The Morgan fingerprint density at radius 1 is 1.23 bits per heavy atom. The van der Waals surface area contributed by atoms with Gasteiger partial charge in [-0.05, 0) is 42.9 Å². The zero-order valence-electron chi connectivity index (χ0n) is 13.6. The minimum Gasteiger partial charge on any atom is -0.497 e. The second-order valence-electron chi connectivity index (χ2n) is 5.93. The minimum atomic E-state index is -0.0454. The molecule has 1 saturated carbocycles. The fourth-order valence-electron chi connectivity index (χ4n) is 3.28. The van der Waals surface area contributed by atoms with Crippen LogP contribution in [-0.2, 0) is 9.53 Å². The first-order chi connectivity index (χ1) is 10.8. The van der Waals surface area contributed by atoms with Crippen LogP contribution in [0.1, 0.15) is 43.6 Å². The normalized spacial score (nSPS) is 16.5. The SMILES string of the molecule is COCCCNC(=O)C(c1ccc(OC)cc1)C1CCCC1. The highest BCUT2D eigenvalue weighted by atomic mass is 16.5. The average molecular weight is 305 g/mol. The summed E-state index contributed by atoms with van der Waals surface area (Å²) in [6.45, 7) is 1.35. The van der Waals surface area contributed by atoms with Gasteiger partial charge >= 0.3 is 0 Å². The molecule has 0 aliphatic heterocycles. The lowest BCUT2D eigenvalue weighted by atomic mass is 9.84. The predicted octanol–water partition coefficient (Wildman–Crippen LogP) is 3.12. The van der Waals surface area contributed by atoms with Crippen LogP contribution in [0.2, 0.25) is 0 Å². The number of methoxy groups -OCH3 is 2. The Hall–Kier alpha value is -1.55. The number of ether oxygens (including phenoxy) is 2. The zero-order valence-corrected chi connectivity index (χ0v) is 13.6. The lowest BCUT2D eigenvalue weighted by molar-refractivity contribution is -0.123. The number of rotatable bonds is 8. The molecule has 1 aliphatic rings. The highest BCUT2D eigenvalue weighted by Crippen LogP contribution is 2.37. The van der Waals surface area contributed by atoms with Gasteiger partial charge in [0.15, 0.2) is 0 Å². The van der Waals surface area contributed by atoms with Crippen molar-refractivity contribution in [2.24, 2.45) is 5.92 Å². The molecule has 0 aromatic heterocycles. The summed E-state index contributed by atoms with van der Waals surface area (Å²) in [7, 11) is 3.34. The number of carbonyl (C=O) groups is 1. The van der Waals surface area contributed by atoms with Crippen LogP contribution < -0.4 is 10.1 Å². The molecule has 1 aliphatic carbocycles. The Labute approximate surface area is 133 Å². The van der Waals surface area contributed by atoms with Gasteiger partial charge in [-0.15, -0.1) is 0 Å². The van der Waals surface area contributed by atoms with Gasteiger partial charge in [-0.3, -0.25) is 4.79 Å². The molecule has 2 rings (SSSR count). The molecular formula is C18H27NO3. The van der Waals surface area contributed by atoms with Crippen molar-refractivity contribution in [2.75, 3.05) is 27.4 Å². The molecule has 0 radical (unpaired) electrons. The quantitative estimate of drug-likeness (QED) is 0.751. The molecule has 0 bridgehead atoms. The standard InChI is InChI=1S/C18H27NO3/c1-21-13-5-12-19-18(20)17(14-6-3-4-7-14)15-8-10-16(22-2)11-9-15/h8-11,14,17H,3-7,12-13H2,1-2H3,(H,19,20). The van der Waals surface area contributed by atoms with E-state index in [-0.39, 0.29) is 11.8 Å². The topological polar surface area (TPSA) is 47.6 Å². The molecular weight excluding hydrogens is 278 g/mol.